The van der Waals surface area contributed by atoms with Crippen molar-refractivity contribution in [2.24, 2.45) is 0 Å². The Morgan fingerprint density at radius 3 is 1.36 bits per heavy atom. The summed E-state index contributed by atoms with van der Waals surface area (Å²) in [5, 5.41) is 31.4. The van der Waals surface area contributed by atoms with E-state index in [1.807, 2.05) is 0 Å². The molecule has 0 aromatic rings. The topological polar surface area (TPSA) is 175 Å². The number of aliphatic carboxylic acids is 1. The van der Waals surface area contributed by atoms with Crippen molar-refractivity contribution >= 4 is 23.9 Å². The molecule has 0 radical (unpaired) electrons. The summed E-state index contributed by atoms with van der Waals surface area (Å²) in [6, 6.07) is 0. The van der Waals surface area contributed by atoms with E-state index in [4.69, 9.17) is 23.7 Å². The fourth-order valence-electron chi connectivity index (χ4n) is 8.64. The van der Waals surface area contributed by atoms with Crippen LogP contribution >= 0.6 is 0 Å². The molecule has 0 saturated carbocycles. The van der Waals surface area contributed by atoms with Gasteiger partial charge in [-0.25, -0.2) is 4.79 Å². The molecular formula is C57H102O12. The molecule has 1 saturated heterocycles. The molecule has 1 heterocycles. The summed E-state index contributed by atoms with van der Waals surface area (Å²) < 4.78 is 28.4. The monoisotopic (exact) mass is 979 g/mol. The molecule has 0 bridgehead atoms. The molecule has 6 atom stereocenters. The second kappa shape index (κ2) is 46.3. The minimum Gasteiger partial charge on any atom is -0.479 e. The number of carboxylic acids is 1. The van der Waals surface area contributed by atoms with Crippen molar-refractivity contribution in [1.29, 1.82) is 0 Å². The summed E-state index contributed by atoms with van der Waals surface area (Å²) in [7, 11) is 0. The largest absolute Gasteiger partial charge is 0.479 e. The molecule has 0 spiro atoms. The lowest BCUT2D eigenvalue weighted by molar-refractivity contribution is -0.301. The van der Waals surface area contributed by atoms with Gasteiger partial charge in [-0.3, -0.25) is 14.4 Å². The highest BCUT2D eigenvalue weighted by Gasteiger charge is 2.50. The van der Waals surface area contributed by atoms with Crippen molar-refractivity contribution < 1.29 is 58.2 Å². The predicted octanol–water partition coefficient (Wildman–Crippen LogP) is 13.9. The molecule has 3 N–H and O–H groups in total. The van der Waals surface area contributed by atoms with E-state index >= 15 is 0 Å². The normalized spacial score (nSPS) is 18.8. The zero-order valence-electron chi connectivity index (χ0n) is 44.1. The van der Waals surface area contributed by atoms with Crippen LogP contribution in [0.4, 0.5) is 0 Å². The van der Waals surface area contributed by atoms with Crippen molar-refractivity contribution in [3.8, 4) is 0 Å². The zero-order valence-corrected chi connectivity index (χ0v) is 44.1. The SMILES string of the molecule is CCC/C=C\C/C=C\CCCCCCCC(=O)OCC(COC1OC(C(=O)O)C(O)C(O)C1OC(=O)CCCCCCCCCCCCCCC)OC(=O)CCCCCCCCCCCCCCC. The van der Waals surface area contributed by atoms with Gasteiger partial charge in [0.1, 0.15) is 18.8 Å². The van der Waals surface area contributed by atoms with Gasteiger partial charge >= 0.3 is 23.9 Å². The maximum absolute atomic E-state index is 13.1. The lowest BCUT2D eigenvalue weighted by Gasteiger charge is -2.40. The quantitative estimate of drug-likeness (QED) is 0.0228. The molecule has 12 nitrogen and oxygen atoms in total. The first-order chi connectivity index (χ1) is 33.6. The number of hydrogen-bond donors (Lipinski definition) is 3. The average Bonchev–Trinajstić information content (AvgIpc) is 3.33. The summed E-state index contributed by atoms with van der Waals surface area (Å²) in [6.07, 6.45) is 38.7. The van der Waals surface area contributed by atoms with E-state index in [0.29, 0.717) is 19.3 Å². The molecule has 402 valence electrons. The van der Waals surface area contributed by atoms with Crippen LogP contribution in [-0.2, 0) is 42.9 Å². The van der Waals surface area contributed by atoms with Gasteiger partial charge in [0.15, 0.2) is 24.6 Å². The van der Waals surface area contributed by atoms with Crippen LogP contribution in [0.3, 0.4) is 0 Å². The minimum atomic E-state index is -1.90. The number of allylic oxidation sites excluding steroid dienone is 4. The van der Waals surface area contributed by atoms with Crippen LogP contribution in [0.1, 0.15) is 265 Å². The summed E-state index contributed by atoms with van der Waals surface area (Å²) in [5.74, 6) is -3.11. The fraction of sp³-hybridized carbons (Fsp3) is 0.860. The van der Waals surface area contributed by atoms with Gasteiger partial charge in [-0.15, -0.1) is 0 Å². The van der Waals surface area contributed by atoms with Crippen molar-refractivity contribution in [3.05, 3.63) is 24.3 Å². The Morgan fingerprint density at radius 2 is 0.899 bits per heavy atom. The van der Waals surface area contributed by atoms with E-state index in [1.54, 1.807) is 0 Å². The van der Waals surface area contributed by atoms with E-state index in [9.17, 15) is 34.5 Å². The Hall–Kier alpha value is -2.80. The molecule has 1 aliphatic rings. The number of unbranched alkanes of at least 4 members (excludes halogenated alkanes) is 30. The third-order valence-electron chi connectivity index (χ3n) is 13.0. The number of hydrogen-bond acceptors (Lipinski definition) is 11. The fourth-order valence-corrected chi connectivity index (χ4v) is 8.64. The van der Waals surface area contributed by atoms with Crippen LogP contribution in [0.15, 0.2) is 24.3 Å². The Morgan fingerprint density at radius 1 is 0.478 bits per heavy atom. The molecule has 0 aliphatic carbocycles. The summed E-state index contributed by atoms with van der Waals surface area (Å²) >= 11 is 0. The molecular weight excluding hydrogens is 877 g/mol. The maximum Gasteiger partial charge on any atom is 0.335 e. The van der Waals surface area contributed by atoms with Crippen molar-refractivity contribution in [3.63, 3.8) is 0 Å². The Bertz CT molecular complexity index is 1300. The van der Waals surface area contributed by atoms with E-state index in [1.165, 1.54) is 109 Å². The van der Waals surface area contributed by atoms with Gasteiger partial charge in [-0.1, -0.05) is 225 Å². The number of ether oxygens (including phenoxy) is 5. The second-order valence-electron chi connectivity index (χ2n) is 19.6. The first kappa shape index (κ1) is 64.2. The summed E-state index contributed by atoms with van der Waals surface area (Å²) in [5.41, 5.74) is 0. The van der Waals surface area contributed by atoms with Gasteiger partial charge in [0.25, 0.3) is 0 Å². The van der Waals surface area contributed by atoms with Crippen molar-refractivity contribution in [2.45, 2.75) is 302 Å². The van der Waals surface area contributed by atoms with Gasteiger partial charge < -0.3 is 39.0 Å². The highest BCUT2D eigenvalue weighted by Crippen LogP contribution is 2.26. The number of carboxylic acid groups (broad SMARTS) is 1. The smallest absolute Gasteiger partial charge is 0.335 e. The number of aliphatic hydroxyl groups is 2. The molecule has 1 aliphatic heterocycles. The van der Waals surface area contributed by atoms with Gasteiger partial charge in [0, 0.05) is 19.3 Å². The van der Waals surface area contributed by atoms with Crippen LogP contribution in [0.2, 0.25) is 0 Å². The lowest BCUT2D eigenvalue weighted by Crippen LogP contribution is -2.61. The molecule has 6 unspecified atom stereocenters. The van der Waals surface area contributed by atoms with E-state index < -0.39 is 67.3 Å². The van der Waals surface area contributed by atoms with Gasteiger partial charge in [-0.05, 0) is 44.9 Å². The molecule has 0 amide bonds. The molecule has 0 aromatic heterocycles. The van der Waals surface area contributed by atoms with Crippen LogP contribution in [0.5, 0.6) is 0 Å². The highest BCUT2D eigenvalue weighted by atomic mass is 16.7. The third kappa shape index (κ3) is 36.7. The van der Waals surface area contributed by atoms with Crippen LogP contribution in [0, 0.1) is 0 Å². The number of esters is 3. The first-order valence-corrected chi connectivity index (χ1v) is 28.3. The average molecular weight is 979 g/mol. The number of carbonyl (C=O) groups excluding carboxylic acids is 3. The molecule has 69 heavy (non-hydrogen) atoms. The van der Waals surface area contributed by atoms with Crippen molar-refractivity contribution in [1.82, 2.24) is 0 Å². The first-order valence-electron chi connectivity index (χ1n) is 28.3. The summed E-state index contributed by atoms with van der Waals surface area (Å²) in [4.78, 5) is 50.9. The Kier molecular flexibility index (Phi) is 43.1. The van der Waals surface area contributed by atoms with E-state index in [2.05, 4.69) is 45.1 Å². The number of carbonyl (C=O) groups is 4. The van der Waals surface area contributed by atoms with E-state index in [0.717, 1.165) is 96.3 Å². The third-order valence-corrected chi connectivity index (χ3v) is 13.0. The maximum atomic E-state index is 13.1. The Labute approximate surface area is 419 Å². The molecule has 1 rings (SSSR count). The second-order valence-corrected chi connectivity index (χ2v) is 19.6. The summed E-state index contributed by atoms with van der Waals surface area (Å²) in [6.45, 7) is 5.92. The van der Waals surface area contributed by atoms with Gasteiger partial charge in [-0.2, -0.15) is 0 Å². The minimum absolute atomic E-state index is 0.0656. The van der Waals surface area contributed by atoms with Crippen LogP contribution < -0.4 is 0 Å². The highest BCUT2D eigenvalue weighted by molar-refractivity contribution is 5.74. The zero-order chi connectivity index (χ0) is 50.4. The van der Waals surface area contributed by atoms with Gasteiger partial charge in [0.2, 0.25) is 0 Å². The number of rotatable bonds is 48. The standard InChI is InChI=1S/C57H102O12/c1-4-7-10-13-16-19-22-25-28-31-34-37-40-43-49(58)65-46-48(67-50(59)44-41-38-35-32-29-26-23-20-17-14-11-8-5-2)47-66-57-55(53(62)52(61)54(69-57)56(63)64)68-51(60)45-42-39-36-33-30-27-24-21-18-15-12-9-6-3/h10,13,19,22,48,52-55,57,61-62H,4-9,11-12,14-18,20-21,23-47H2,1-3H3,(H,63,64)/b13-10-,22-19-. The van der Waals surface area contributed by atoms with Crippen LogP contribution in [-0.4, -0.2) is 89.2 Å². The van der Waals surface area contributed by atoms with Gasteiger partial charge in [0.05, 0.1) is 6.61 Å². The molecule has 1 fully saturated rings. The van der Waals surface area contributed by atoms with E-state index in [-0.39, 0.29) is 25.9 Å². The van der Waals surface area contributed by atoms with Crippen LogP contribution in [0.25, 0.3) is 0 Å². The number of aliphatic hydroxyl groups excluding tert-OH is 2. The lowest BCUT2D eigenvalue weighted by atomic mass is 9.98. The molecule has 12 heteroatoms. The molecule has 0 aromatic carbocycles. The Balaban J connectivity index is 2.71. The predicted molar refractivity (Wildman–Crippen MR) is 276 cm³/mol. The van der Waals surface area contributed by atoms with Crippen molar-refractivity contribution in [2.75, 3.05) is 13.2 Å².